The Morgan fingerprint density at radius 2 is 1.66 bits per heavy atom. The van der Waals surface area contributed by atoms with Gasteiger partial charge in [0.1, 0.15) is 30.4 Å². The van der Waals surface area contributed by atoms with Gasteiger partial charge in [0.25, 0.3) is 5.91 Å². The minimum atomic E-state index is -4.63. The lowest BCUT2D eigenvalue weighted by Gasteiger charge is -2.46. The quantitative estimate of drug-likeness (QED) is 0.177. The molecular weight excluding hydrogens is 577 g/mol. The predicted molar refractivity (Wildman–Crippen MR) is 156 cm³/mol. The Labute approximate surface area is 252 Å². The highest BCUT2D eigenvalue weighted by Gasteiger charge is 2.48. The molecule has 0 saturated heterocycles. The molecule has 0 bridgehead atoms. The van der Waals surface area contributed by atoms with Crippen LogP contribution in [-0.2, 0) is 20.4 Å². The van der Waals surface area contributed by atoms with E-state index in [1.54, 1.807) is 24.3 Å². The van der Waals surface area contributed by atoms with Gasteiger partial charge < -0.3 is 24.3 Å². The van der Waals surface area contributed by atoms with E-state index in [9.17, 15) is 28.4 Å². The number of hydrogen-bond acceptors (Lipinski definition) is 7. The zero-order chi connectivity index (χ0) is 31.2. The second-order valence-corrected chi connectivity index (χ2v) is 10.3. The summed E-state index contributed by atoms with van der Waals surface area (Å²) in [5, 5.41) is 26.6. The van der Waals surface area contributed by atoms with Gasteiger partial charge in [0, 0.05) is 12.6 Å². The van der Waals surface area contributed by atoms with Crippen LogP contribution >= 0.6 is 0 Å². The standard InChI is InChI=1S/C32H31F3N4O5/c33-32(34,35)25-5-4-6-26(19-25)39(41)22-37-30(24-11-9-23(20-36)10-12-24)29-28(39)21-38(31(29)40)13-14-42-15-16-43-17-18-44-27-7-2-1-3-8-27/h1-12,19,30,37H,13-18,21-22H2/t30-,39?/m1/s1. The summed E-state index contributed by atoms with van der Waals surface area (Å²) in [5.74, 6) is 0.356. The molecule has 1 amide bonds. The Kier molecular flexibility index (Phi) is 9.63. The molecule has 0 aliphatic carbocycles. The summed E-state index contributed by atoms with van der Waals surface area (Å²) in [6.07, 6.45) is -4.63. The van der Waals surface area contributed by atoms with Gasteiger partial charge in [0.05, 0.1) is 61.8 Å². The van der Waals surface area contributed by atoms with E-state index in [0.29, 0.717) is 30.9 Å². The number of quaternary nitrogens is 1. The fourth-order valence-electron chi connectivity index (χ4n) is 5.25. The zero-order valence-electron chi connectivity index (χ0n) is 23.8. The lowest BCUT2D eigenvalue weighted by Crippen LogP contribution is -2.54. The van der Waals surface area contributed by atoms with Gasteiger partial charge in [0.15, 0.2) is 0 Å². The molecule has 0 spiro atoms. The number of hydrogen-bond donors (Lipinski definition) is 1. The number of hydroxylamine groups is 2. The smallest absolute Gasteiger partial charge is 0.416 e. The molecule has 2 heterocycles. The average molecular weight is 609 g/mol. The zero-order valence-corrected chi connectivity index (χ0v) is 23.8. The molecule has 1 unspecified atom stereocenters. The minimum Gasteiger partial charge on any atom is -0.621 e. The number of alkyl halides is 3. The fraction of sp³-hybridized carbons (Fsp3) is 0.312. The summed E-state index contributed by atoms with van der Waals surface area (Å²) >= 11 is 0. The molecule has 1 N–H and O–H groups in total. The molecule has 9 nitrogen and oxygen atoms in total. The van der Waals surface area contributed by atoms with Crippen LogP contribution in [0.4, 0.5) is 18.9 Å². The highest BCUT2D eigenvalue weighted by Crippen LogP contribution is 2.43. The summed E-state index contributed by atoms with van der Waals surface area (Å²) in [6.45, 7) is 1.37. The number of carbonyl (C=O) groups excluding carboxylic acids is 1. The summed E-state index contributed by atoms with van der Waals surface area (Å²) in [5.41, 5.74) is 0.382. The molecule has 230 valence electrons. The van der Waals surface area contributed by atoms with Crippen LogP contribution in [0.1, 0.15) is 22.7 Å². The second kappa shape index (κ2) is 13.6. The van der Waals surface area contributed by atoms with E-state index >= 15 is 0 Å². The first-order valence-electron chi connectivity index (χ1n) is 14.1. The molecule has 2 aliphatic rings. The fourth-order valence-corrected chi connectivity index (χ4v) is 5.25. The first-order chi connectivity index (χ1) is 21.2. The first kappa shape index (κ1) is 31.2. The van der Waals surface area contributed by atoms with Crippen molar-refractivity contribution in [3.05, 3.63) is 112 Å². The number of ether oxygens (including phenoxy) is 3. The predicted octanol–water partition coefficient (Wildman–Crippen LogP) is 4.89. The van der Waals surface area contributed by atoms with Crippen LogP contribution in [0.15, 0.2) is 90.1 Å². The largest absolute Gasteiger partial charge is 0.621 e. The van der Waals surface area contributed by atoms with Gasteiger partial charge in [-0.2, -0.15) is 18.4 Å². The van der Waals surface area contributed by atoms with Crippen LogP contribution in [0.3, 0.4) is 0 Å². The molecular formula is C32H31F3N4O5. The van der Waals surface area contributed by atoms with Crippen molar-refractivity contribution in [3.63, 3.8) is 0 Å². The summed E-state index contributed by atoms with van der Waals surface area (Å²) in [4.78, 5) is 15.2. The number of halogens is 3. The van der Waals surface area contributed by atoms with Gasteiger partial charge in [-0.15, -0.1) is 0 Å². The van der Waals surface area contributed by atoms with Crippen LogP contribution in [-0.4, -0.2) is 63.6 Å². The maximum Gasteiger partial charge on any atom is 0.416 e. The number of carbonyl (C=O) groups is 1. The first-order valence-corrected chi connectivity index (χ1v) is 14.1. The topological polar surface area (TPSA) is 107 Å². The summed E-state index contributed by atoms with van der Waals surface area (Å²) in [7, 11) is 0. The van der Waals surface area contributed by atoms with E-state index < -0.39 is 28.3 Å². The van der Waals surface area contributed by atoms with Crippen molar-refractivity contribution in [2.24, 2.45) is 0 Å². The third-order valence-corrected chi connectivity index (χ3v) is 7.49. The molecule has 3 aromatic carbocycles. The van der Waals surface area contributed by atoms with Gasteiger partial charge in [-0.3, -0.25) is 14.8 Å². The van der Waals surface area contributed by atoms with E-state index in [0.717, 1.165) is 17.9 Å². The molecule has 0 fully saturated rings. The summed E-state index contributed by atoms with van der Waals surface area (Å²) in [6, 6.07) is 21.6. The normalized spacial score (nSPS) is 20.0. The number of nitriles is 1. The Hall–Kier alpha value is -4.25. The van der Waals surface area contributed by atoms with E-state index in [-0.39, 0.29) is 49.9 Å². The van der Waals surface area contributed by atoms with Crippen molar-refractivity contribution in [1.82, 2.24) is 14.9 Å². The van der Waals surface area contributed by atoms with Gasteiger partial charge in [-0.05, 0) is 42.0 Å². The molecule has 0 aromatic heterocycles. The summed E-state index contributed by atoms with van der Waals surface area (Å²) < 4.78 is 56.0. The molecule has 5 rings (SSSR count). The lowest BCUT2D eigenvalue weighted by molar-refractivity contribution is -0.137. The lowest BCUT2D eigenvalue weighted by atomic mass is 9.94. The SMILES string of the molecule is N#Cc1ccc([C@H]2NC[N+]([O-])(c3cccc(C(F)(F)F)c3)C3=C2C(=O)N(CCOCCOCCOc2ccccc2)C3)cc1. The highest BCUT2D eigenvalue weighted by molar-refractivity contribution is 5.99. The van der Waals surface area contributed by atoms with E-state index in [2.05, 4.69) is 5.32 Å². The maximum atomic E-state index is 14.3. The monoisotopic (exact) mass is 608 g/mol. The van der Waals surface area contributed by atoms with Gasteiger partial charge in [-0.1, -0.05) is 36.4 Å². The van der Waals surface area contributed by atoms with Crippen LogP contribution in [0, 0.1) is 16.5 Å². The molecule has 0 saturated carbocycles. The third kappa shape index (κ3) is 6.93. The van der Waals surface area contributed by atoms with Crippen molar-refractivity contribution < 1.29 is 32.2 Å². The molecule has 44 heavy (non-hydrogen) atoms. The Morgan fingerprint density at radius 3 is 2.36 bits per heavy atom. The number of para-hydroxylation sites is 1. The van der Waals surface area contributed by atoms with Crippen LogP contribution in [0.25, 0.3) is 0 Å². The number of benzene rings is 3. The Bertz CT molecular complexity index is 1530. The number of rotatable bonds is 12. The van der Waals surface area contributed by atoms with Gasteiger partial charge in [0.2, 0.25) is 0 Å². The average Bonchev–Trinajstić information content (AvgIpc) is 3.37. The minimum absolute atomic E-state index is 0.0565. The molecule has 3 aromatic rings. The van der Waals surface area contributed by atoms with Crippen molar-refractivity contribution >= 4 is 11.6 Å². The van der Waals surface area contributed by atoms with Crippen molar-refractivity contribution in [1.29, 1.82) is 5.26 Å². The number of nitrogens with one attached hydrogen (secondary N) is 1. The second-order valence-electron chi connectivity index (χ2n) is 10.3. The Balaban J connectivity index is 1.24. The molecule has 0 radical (unpaired) electrons. The number of amides is 1. The molecule has 12 heteroatoms. The van der Waals surface area contributed by atoms with Gasteiger partial charge in [-0.25, -0.2) is 0 Å². The molecule has 2 aliphatic heterocycles. The van der Waals surface area contributed by atoms with Crippen molar-refractivity contribution in [3.8, 4) is 11.8 Å². The van der Waals surface area contributed by atoms with Crippen molar-refractivity contribution in [2.75, 3.05) is 52.8 Å². The van der Waals surface area contributed by atoms with Crippen LogP contribution in [0.2, 0.25) is 0 Å². The van der Waals surface area contributed by atoms with Crippen LogP contribution in [0.5, 0.6) is 5.75 Å². The van der Waals surface area contributed by atoms with Gasteiger partial charge >= 0.3 is 6.18 Å². The van der Waals surface area contributed by atoms with E-state index in [1.807, 2.05) is 36.4 Å². The van der Waals surface area contributed by atoms with E-state index in [4.69, 9.17) is 14.2 Å². The van der Waals surface area contributed by atoms with Crippen LogP contribution < -0.4 is 14.7 Å². The Morgan fingerprint density at radius 1 is 0.955 bits per heavy atom. The molecule has 2 atom stereocenters. The highest BCUT2D eigenvalue weighted by atomic mass is 19.4. The van der Waals surface area contributed by atoms with Crippen molar-refractivity contribution in [2.45, 2.75) is 12.2 Å². The maximum absolute atomic E-state index is 14.3. The number of nitrogens with zero attached hydrogens (tertiary/aromatic N) is 3. The third-order valence-electron chi connectivity index (χ3n) is 7.49. The van der Waals surface area contributed by atoms with E-state index in [1.165, 1.54) is 17.0 Å².